The lowest BCUT2D eigenvalue weighted by Crippen LogP contribution is -2.37. The first-order valence-corrected chi connectivity index (χ1v) is 8.23. The van der Waals surface area contributed by atoms with E-state index in [2.05, 4.69) is 47.8 Å². The average molecular weight is 307 g/mol. The third kappa shape index (κ3) is 3.10. The summed E-state index contributed by atoms with van der Waals surface area (Å²) in [6.07, 6.45) is 6.29. The van der Waals surface area contributed by atoms with Gasteiger partial charge in [0.15, 0.2) is 0 Å². The number of ether oxygens (including phenoxy) is 2. The Kier molecular flexibility index (Phi) is 3.80. The summed E-state index contributed by atoms with van der Waals surface area (Å²) in [4.78, 5) is 0. The molecule has 1 saturated heterocycles. The zero-order valence-corrected chi connectivity index (χ0v) is 13.1. The van der Waals surface area contributed by atoms with Crippen molar-refractivity contribution in [3.63, 3.8) is 0 Å². The molecule has 3 nitrogen and oxygen atoms in total. The maximum absolute atomic E-state index is 6.20. The van der Waals surface area contributed by atoms with E-state index in [0.29, 0.717) is 6.61 Å². The van der Waals surface area contributed by atoms with Crippen LogP contribution >= 0.6 is 0 Å². The molecule has 0 aliphatic carbocycles. The van der Waals surface area contributed by atoms with Gasteiger partial charge in [-0.2, -0.15) is 0 Å². The minimum atomic E-state index is -0.150. The molecule has 3 heteroatoms. The quantitative estimate of drug-likeness (QED) is 0.938. The van der Waals surface area contributed by atoms with Gasteiger partial charge >= 0.3 is 0 Å². The maximum atomic E-state index is 6.20. The van der Waals surface area contributed by atoms with Crippen LogP contribution < -0.4 is 14.8 Å². The number of benzene rings is 2. The molecule has 1 fully saturated rings. The SMILES string of the molecule is C1=CC2(CCNC2)Oc2ccc(OCCc3ccccc3)cc21. The minimum Gasteiger partial charge on any atom is -0.493 e. The first kappa shape index (κ1) is 14.3. The second kappa shape index (κ2) is 6.09. The zero-order valence-electron chi connectivity index (χ0n) is 13.1. The molecular formula is C20H21NO2. The predicted molar refractivity (Wildman–Crippen MR) is 92.0 cm³/mol. The number of fused-ring (bicyclic) bond motifs is 1. The van der Waals surface area contributed by atoms with Crippen LogP contribution in [-0.4, -0.2) is 25.3 Å². The highest BCUT2D eigenvalue weighted by Crippen LogP contribution is 2.36. The van der Waals surface area contributed by atoms with Crippen LogP contribution in [0.3, 0.4) is 0 Å². The van der Waals surface area contributed by atoms with Crippen LogP contribution in [0.4, 0.5) is 0 Å². The summed E-state index contributed by atoms with van der Waals surface area (Å²) in [7, 11) is 0. The number of hydrogen-bond acceptors (Lipinski definition) is 3. The van der Waals surface area contributed by atoms with E-state index in [0.717, 1.165) is 43.0 Å². The second-order valence-corrected chi connectivity index (χ2v) is 6.21. The lowest BCUT2D eigenvalue weighted by Gasteiger charge is -2.30. The van der Waals surface area contributed by atoms with Crippen molar-refractivity contribution in [2.45, 2.75) is 18.4 Å². The third-order valence-electron chi connectivity index (χ3n) is 4.51. The van der Waals surface area contributed by atoms with E-state index in [1.165, 1.54) is 5.56 Å². The van der Waals surface area contributed by atoms with Crippen molar-refractivity contribution in [1.29, 1.82) is 0 Å². The molecule has 2 aliphatic heterocycles. The van der Waals surface area contributed by atoms with Crippen molar-refractivity contribution in [3.05, 3.63) is 65.7 Å². The predicted octanol–water partition coefficient (Wildman–Crippen LogP) is 3.45. The van der Waals surface area contributed by atoms with E-state index >= 15 is 0 Å². The normalized spacial score (nSPS) is 21.9. The highest BCUT2D eigenvalue weighted by atomic mass is 16.5. The van der Waals surface area contributed by atoms with Gasteiger partial charge in [-0.25, -0.2) is 0 Å². The molecule has 1 unspecified atom stereocenters. The van der Waals surface area contributed by atoms with Crippen LogP contribution in [0.25, 0.3) is 6.08 Å². The molecule has 1 atom stereocenters. The second-order valence-electron chi connectivity index (χ2n) is 6.21. The Morgan fingerprint density at radius 3 is 2.87 bits per heavy atom. The summed E-state index contributed by atoms with van der Waals surface area (Å²) in [5, 5.41) is 3.37. The van der Waals surface area contributed by atoms with E-state index in [9.17, 15) is 0 Å². The molecular weight excluding hydrogens is 286 g/mol. The lowest BCUT2D eigenvalue weighted by atomic mass is 9.97. The zero-order chi connectivity index (χ0) is 15.5. The summed E-state index contributed by atoms with van der Waals surface area (Å²) in [5.74, 6) is 1.85. The largest absolute Gasteiger partial charge is 0.493 e. The van der Waals surface area contributed by atoms with Crippen molar-refractivity contribution in [3.8, 4) is 11.5 Å². The van der Waals surface area contributed by atoms with Gasteiger partial charge in [-0.1, -0.05) is 36.4 Å². The number of rotatable bonds is 4. The van der Waals surface area contributed by atoms with Gasteiger partial charge in [0.1, 0.15) is 17.1 Å². The lowest BCUT2D eigenvalue weighted by molar-refractivity contribution is 0.139. The molecule has 0 radical (unpaired) electrons. The van der Waals surface area contributed by atoms with Gasteiger partial charge in [-0.15, -0.1) is 0 Å². The van der Waals surface area contributed by atoms with Crippen LogP contribution in [0.1, 0.15) is 17.5 Å². The standard InChI is InChI=1S/C20H21NO2/c1-2-4-16(5-3-1)9-13-22-18-6-7-19-17(14-18)8-10-20(23-19)11-12-21-15-20/h1-8,10,14,21H,9,11-13,15H2. The van der Waals surface area contributed by atoms with Gasteiger partial charge in [0.25, 0.3) is 0 Å². The van der Waals surface area contributed by atoms with E-state index in [4.69, 9.17) is 9.47 Å². The van der Waals surface area contributed by atoms with Gasteiger partial charge in [-0.05, 0) is 36.4 Å². The van der Waals surface area contributed by atoms with Crippen molar-refractivity contribution in [2.75, 3.05) is 19.7 Å². The smallest absolute Gasteiger partial charge is 0.141 e. The van der Waals surface area contributed by atoms with Crippen LogP contribution in [-0.2, 0) is 6.42 Å². The van der Waals surface area contributed by atoms with Gasteiger partial charge in [0.2, 0.25) is 0 Å². The van der Waals surface area contributed by atoms with Gasteiger partial charge in [0.05, 0.1) is 6.61 Å². The summed E-state index contributed by atoms with van der Waals surface area (Å²) < 4.78 is 12.1. The molecule has 0 aromatic heterocycles. The molecule has 2 aromatic carbocycles. The molecule has 23 heavy (non-hydrogen) atoms. The molecule has 2 aliphatic rings. The van der Waals surface area contributed by atoms with Crippen molar-refractivity contribution >= 4 is 6.08 Å². The van der Waals surface area contributed by atoms with Crippen LogP contribution in [0.15, 0.2) is 54.6 Å². The molecule has 1 spiro atoms. The summed E-state index contributed by atoms with van der Waals surface area (Å²) >= 11 is 0. The molecule has 2 heterocycles. The fraction of sp³-hybridized carbons (Fsp3) is 0.300. The Labute approximate surface area is 136 Å². The van der Waals surface area contributed by atoms with Gasteiger partial charge in [-0.3, -0.25) is 0 Å². The van der Waals surface area contributed by atoms with E-state index in [1.807, 2.05) is 18.2 Å². The summed E-state index contributed by atoms with van der Waals surface area (Å²) in [6, 6.07) is 16.5. The molecule has 4 rings (SSSR count). The minimum absolute atomic E-state index is 0.150. The van der Waals surface area contributed by atoms with E-state index in [-0.39, 0.29) is 5.60 Å². The fourth-order valence-electron chi connectivity index (χ4n) is 3.18. The molecule has 0 amide bonds. The van der Waals surface area contributed by atoms with Crippen molar-refractivity contribution in [1.82, 2.24) is 5.32 Å². The first-order valence-electron chi connectivity index (χ1n) is 8.23. The first-order chi connectivity index (χ1) is 11.3. The van der Waals surface area contributed by atoms with Crippen LogP contribution in [0.5, 0.6) is 11.5 Å². The molecule has 2 aromatic rings. The fourth-order valence-corrected chi connectivity index (χ4v) is 3.18. The highest BCUT2D eigenvalue weighted by Gasteiger charge is 2.35. The Bertz CT molecular complexity index is 703. The Hall–Kier alpha value is -2.26. The maximum Gasteiger partial charge on any atom is 0.141 e. The molecule has 0 bridgehead atoms. The highest BCUT2D eigenvalue weighted by molar-refractivity contribution is 5.63. The van der Waals surface area contributed by atoms with Gasteiger partial charge in [0, 0.05) is 24.9 Å². The Morgan fingerprint density at radius 1 is 1.13 bits per heavy atom. The van der Waals surface area contributed by atoms with Crippen LogP contribution in [0.2, 0.25) is 0 Å². The summed E-state index contributed by atoms with van der Waals surface area (Å²) in [6.45, 7) is 2.58. The van der Waals surface area contributed by atoms with Crippen molar-refractivity contribution in [2.24, 2.45) is 0 Å². The number of nitrogens with one attached hydrogen (secondary N) is 1. The van der Waals surface area contributed by atoms with Gasteiger partial charge < -0.3 is 14.8 Å². The molecule has 1 N–H and O–H groups in total. The van der Waals surface area contributed by atoms with Crippen LogP contribution in [0, 0.1) is 0 Å². The Morgan fingerprint density at radius 2 is 2.04 bits per heavy atom. The topological polar surface area (TPSA) is 30.5 Å². The van der Waals surface area contributed by atoms with Crippen molar-refractivity contribution < 1.29 is 9.47 Å². The summed E-state index contributed by atoms with van der Waals surface area (Å²) in [5.41, 5.74) is 2.24. The van der Waals surface area contributed by atoms with E-state index in [1.54, 1.807) is 0 Å². The Balaban J connectivity index is 1.41. The molecule has 0 saturated carbocycles. The van der Waals surface area contributed by atoms with E-state index < -0.39 is 0 Å². The molecule has 118 valence electrons. The average Bonchev–Trinajstić information content (AvgIpc) is 3.04. The number of hydrogen-bond donors (Lipinski definition) is 1. The monoisotopic (exact) mass is 307 g/mol. The third-order valence-corrected chi connectivity index (χ3v) is 4.51.